The predicted molar refractivity (Wildman–Crippen MR) is 70.8 cm³/mol. The van der Waals surface area contributed by atoms with E-state index in [1.165, 1.54) is 11.8 Å². The minimum Gasteiger partial charge on any atom is -0.392 e. The van der Waals surface area contributed by atoms with Gasteiger partial charge in [-0.15, -0.1) is 0 Å². The standard InChI is InChI=1S/C12H23NO3S/c1-4-6-10(14)9(3)12(16)17-8-7-13-11(15)5-2/h9-10,14H,4-8H2,1-3H3,(H,13,15)/t9-,10+/m0/s1. The fraction of sp³-hybridized carbons (Fsp3) is 0.833. The Morgan fingerprint density at radius 1 is 1.35 bits per heavy atom. The zero-order chi connectivity index (χ0) is 13.3. The Bertz CT molecular complexity index is 246. The maximum absolute atomic E-state index is 11.7. The molecular formula is C12H23NO3S. The summed E-state index contributed by atoms with van der Waals surface area (Å²) in [5.74, 6) is 0.229. The van der Waals surface area contributed by atoms with Crippen molar-refractivity contribution in [2.24, 2.45) is 5.92 Å². The third-order valence-electron chi connectivity index (χ3n) is 2.52. The van der Waals surface area contributed by atoms with Crippen LogP contribution in [0, 0.1) is 5.92 Å². The van der Waals surface area contributed by atoms with Gasteiger partial charge in [-0.25, -0.2) is 0 Å². The van der Waals surface area contributed by atoms with E-state index < -0.39 is 6.10 Å². The van der Waals surface area contributed by atoms with Gasteiger partial charge < -0.3 is 10.4 Å². The van der Waals surface area contributed by atoms with Gasteiger partial charge in [0, 0.05) is 18.7 Å². The molecule has 0 aromatic carbocycles. The maximum atomic E-state index is 11.7. The summed E-state index contributed by atoms with van der Waals surface area (Å²) < 4.78 is 0. The summed E-state index contributed by atoms with van der Waals surface area (Å²) in [5.41, 5.74) is 0. The summed E-state index contributed by atoms with van der Waals surface area (Å²) >= 11 is 1.18. The number of rotatable bonds is 8. The molecule has 0 aliphatic heterocycles. The second kappa shape index (κ2) is 9.48. The molecule has 0 aliphatic carbocycles. The summed E-state index contributed by atoms with van der Waals surface area (Å²) in [6.07, 6.45) is 1.44. The number of nitrogens with one attached hydrogen (secondary N) is 1. The van der Waals surface area contributed by atoms with Gasteiger partial charge in [-0.05, 0) is 6.42 Å². The van der Waals surface area contributed by atoms with Crippen molar-refractivity contribution in [1.29, 1.82) is 0 Å². The van der Waals surface area contributed by atoms with Gasteiger partial charge in [-0.3, -0.25) is 9.59 Å². The quantitative estimate of drug-likeness (QED) is 0.651. The van der Waals surface area contributed by atoms with Crippen LogP contribution in [0.5, 0.6) is 0 Å². The number of carbonyl (C=O) groups excluding carboxylic acids is 2. The molecule has 0 saturated carbocycles. The topological polar surface area (TPSA) is 66.4 Å². The minimum absolute atomic E-state index is 0.00267. The Kier molecular flexibility index (Phi) is 9.17. The Hall–Kier alpha value is -0.550. The average Bonchev–Trinajstić information content (AvgIpc) is 2.33. The molecular weight excluding hydrogens is 238 g/mol. The normalized spacial score (nSPS) is 14.1. The lowest BCUT2D eigenvalue weighted by atomic mass is 10.0. The van der Waals surface area contributed by atoms with E-state index in [0.29, 0.717) is 25.1 Å². The molecule has 2 atom stereocenters. The van der Waals surface area contributed by atoms with Gasteiger partial charge in [0.05, 0.1) is 12.0 Å². The minimum atomic E-state index is -0.551. The lowest BCUT2D eigenvalue weighted by Crippen LogP contribution is -2.27. The van der Waals surface area contributed by atoms with Crippen LogP contribution in [0.25, 0.3) is 0 Å². The van der Waals surface area contributed by atoms with E-state index in [1.54, 1.807) is 13.8 Å². The van der Waals surface area contributed by atoms with Gasteiger partial charge >= 0.3 is 0 Å². The average molecular weight is 261 g/mol. The highest BCUT2D eigenvalue weighted by Gasteiger charge is 2.21. The molecule has 0 aromatic heterocycles. The van der Waals surface area contributed by atoms with Gasteiger partial charge in [-0.1, -0.05) is 39.0 Å². The smallest absolute Gasteiger partial charge is 0.219 e. The largest absolute Gasteiger partial charge is 0.392 e. The number of aliphatic hydroxyl groups excluding tert-OH is 1. The Morgan fingerprint density at radius 2 is 2.00 bits per heavy atom. The van der Waals surface area contributed by atoms with Crippen LogP contribution in [0.15, 0.2) is 0 Å². The van der Waals surface area contributed by atoms with Crippen LogP contribution in [0.2, 0.25) is 0 Å². The van der Waals surface area contributed by atoms with E-state index in [9.17, 15) is 14.7 Å². The molecule has 0 aromatic rings. The third-order valence-corrected chi connectivity index (χ3v) is 3.59. The van der Waals surface area contributed by atoms with E-state index >= 15 is 0 Å². The van der Waals surface area contributed by atoms with Crippen molar-refractivity contribution in [2.75, 3.05) is 12.3 Å². The molecule has 0 aliphatic rings. The molecule has 0 rings (SSSR count). The molecule has 0 radical (unpaired) electrons. The van der Waals surface area contributed by atoms with Gasteiger partial charge in [-0.2, -0.15) is 0 Å². The second-order valence-corrected chi connectivity index (χ2v) is 5.11. The SMILES string of the molecule is CCC[C@@H](O)[C@H](C)C(=O)SCCNC(=O)CC. The van der Waals surface area contributed by atoms with Crippen LogP contribution in [-0.4, -0.2) is 34.5 Å². The van der Waals surface area contributed by atoms with Gasteiger partial charge in [0.2, 0.25) is 5.91 Å². The van der Waals surface area contributed by atoms with Crippen LogP contribution in [0.4, 0.5) is 0 Å². The molecule has 0 spiro atoms. The molecule has 100 valence electrons. The monoisotopic (exact) mass is 261 g/mol. The highest BCUT2D eigenvalue weighted by molar-refractivity contribution is 8.13. The number of hydrogen-bond donors (Lipinski definition) is 2. The molecule has 0 bridgehead atoms. The number of thioether (sulfide) groups is 1. The van der Waals surface area contributed by atoms with Crippen molar-refractivity contribution in [3.05, 3.63) is 0 Å². The van der Waals surface area contributed by atoms with E-state index in [4.69, 9.17) is 0 Å². The zero-order valence-electron chi connectivity index (χ0n) is 10.9. The molecule has 2 N–H and O–H groups in total. The molecule has 0 heterocycles. The number of hydrogen-bond acceptors (Lipinski definition) is 4. The van der Waals surface area contributed by atoms with Crippen LogP contribution < -0.4 is 5.32 Å². The van der Waals surface area contributed by atoms with Gasteiger partial charge in [0.1, 0.15) is 0 Å². The number of carbonyl (C=O) groups is 2. The Balaban J connectivity index is 3.74. The second-order valence-electron chi connectivity index (χ2n) is 4.02. The van der Waals surface area contributed by atoms with Crippen molar-refractivity contribution in [3.63, 3.8) is 0 Å². The Labute approximate surface area is 108 Å². The van der Waals surface area contributed by atoms with E-state index in [0.717, 1.165) is 6.42 Å². The first kappa shape index (κ1) is 16.4. The maximum Gasteiger partial charge on any atom is 0.219 e. The van der Waals surface area contributed by atoms with E-state index in [2.05, 4.69) is 5.32 Å². The van der Waals surface area contributed by atoms with Crippen LogP contribution in [0.1, 0.15) is 40.0 Å². The molecule has 0 saturated heterocycles. The van der Waals surface area contributed by atoms with Crippen LogP contribution >= 0.6 is 11.8 Å². The highest BCUT2D eigenvalue weighted by atomic mass is 32.2. The molecule has 1 amide bonds. The summed E-state index contributed by atoms with van der Waals surface area (Å²) in [7, 11) is 0. The highest BCUT2D eigenvalue weighted by Crippen LogP contribution is 2.17. The van der Waals surface area contributed by atoms with E-state index in [1.807, 2.05) is 6.92 Å². The van der Waals surface area contributed by atoms with Crippen molar-refractivity contribution < 1.29 is 14.7 Å². The molecule has 0 unspecified atom stereocenters. The number of amides is 1. The van der Waals surface area contributed by atoms with Crippen molar-refractivity contribution in [3.8, 4) is 0 Å². The first-order chi connectivity index (χ1) is 8.02. The molecule has 5 heteroatoms. The summed E-state index contributed by atoms with van der Waals surface area (Å²) in [5, 5.41) is 12.4. The van der Waals surface area contributed by atoms with Gasteiger partial charge in [0.15, 0.2) is 5.12 Å². The number of aliphatic hydroxyl groups is 1. The van der Waals surface area contributed by atoms with Crippen LogP contribution in [0.3, 0.4) is 0 Å². The lowest BCUT2D eigenvalue weighted by molar-refractivity contribution is -0.120. The molecule has 17 heavy (non-hydrogen) atoms. The molecule has 4 nitrogen and oxygen atoms in total. The fourth-order valence-electron chi connectivity index (χ4n) is 1.30. The first-order valence-electron chi connectivity index (χ1n) is 6.14. The van der Waals surface area contributed by atoms with Crippen LogP contribution in [-0.2, 0) is 9.59 Å². The predicted octanol–water partition coefficient (Wildman–Crippen LogP) is 1.57. The molecule has 0 fully saturated rings. The van der Waals surface area contributed by atoms with Crippen molar-refractivity contribution in [2.45, 2.75) is 46.1 Å². The Morgan fingerprint density at radius 3 is 2.53 bits per heavy atom. The van der Waals surface area contributed by atoms with Crippen molar-refractivity contribution >= 4 is 22.8 Å². The fourth-order valence-corrected chi connectivity index (χ4v) is 2.13. The van der Waals surface area contributed by atoms with Crippen molar-refractivity contribution in [1.82, 2.24) is 5.32 Å². The third kappa shape index (κ3) is 7.39. The summed E-state index contributed by atoms with van der Waals surface area (Å²) in [6, 6.07) is 0. The lowest BCUT2D eigenvalue weighted by Gasteiger charge is -2.16. The van der Waals surface area contributed by atoms with E-state index in [-0.39, 0.29) is 16.9 Å². The first-order valence-corrected chi connectivity index (χ1v) is 7.12. The summed E-state index contributed by atoms with van der Waals surface area (Å²) in [4.78, 5) is 22.6. The van der Waals surface area contributed by atoms with Gasteiger partial charge in [0.25, 0.3) is 0 Å². The summed E-state index contributed by atoms with van der Waals surface area (Å²) in [6.45, 7) is 6.02. The zero-order valence-corrected chi connectivity index (χ0v) is 11.7.